The Hall–Kier alpha value is -17.9. The monoisotopic (exact) mass is 1680 g/mol. The van der Waals surface area contributed by atoms with Crippen molar-refractivity contribution in [2.75, 3.05) is 0 Å². The van der Waals surface area contributed by atoms with Crippen LogP contribution in [-0.4, -0.2) is 48.2 Å². The van der Waals surface area contributed by atoms with Crippen LogP contribution in [0.25, 0.3) is 264 Å². The van der Waals surface area contributed by atoms with Crippen LogP contribution in [0.4, 0.5) is 0 Å². The van der Waals surface area contributed by atoms with Crippen molar-refractivity contribution in [2.45, 2.75) is 0 Å². The molecule has 0 atom stereocenters. The van der Waals surface area contributed by atoms with E-state index in [1.54, 1.807) is 0 Å². The molecule has 0 aliphatic rings. The van der Waals surface area contributed by atoms with Gasteiger partial charge in [-0.3, -0.25) is 9.13 Å². The maximum Gasteiger partial charge on any atom is 0.238 e. The molecule has 0 N–H and O–H groups in total. The fourth-order valence-electron chi connectivity index (χ4n) is 21.0. The summed E-state index contributed by atoms with van der Waals surface area (Å²) in [5, 5.41) is 28.4. The van der Waals surface area contributed by atoms with Crippen molar-refractivity contribution in [3.05, 3.63) is 449 Å². The average Bonchev–Trinajstić information content (AvgIpc) is 1.57. The summed E-state index contributed by atoms with van der Waals surface area (Å²) in [4.78, 5) is 31.9. The molecule has 0 saturated heterocycles. The number of para-hydroxylation sites is 4. The Morgan fingerprint density at radius 1 is 0.129 bits per heavy atom. The van der Waals surface area contributed by atoms with Gasteiger partial charge in [0.15, 0.2) is 23.3 Å². The number of hydrogen-bond acceptors (Lipinski definition) is 6. The molecule has 28 aromatic rings. The molecule has 132 heavy (non-hydrogen) atoms. The number of rotatable bonds is 10. The molecule has 0 fully saturated rings. The quantitative estimate of drug-likeness (QED) is 0.127. The summed E-state index contributed by atoms with van der Waals surface area (Å²) < 4.78 is 9.25. The van der Waals surface area contributed by atoms with Gasteiger partial charge in [0.1, 0.15) is 0 Å². The first-order valence-electron chi connectivity index (χ1n) is 44.9. The Morgan fingerprint density at radius 3 is 0.720 bits per heavy atom. The fourth-order valence-corrected chi connectivity index (χ4v) is 21.0. The van der Waals surface area contributed by atoms with Crippen molar-refractivity contribution in [1.82, 2.24) is 48.2 Å². The molecule has 0 aliphatic carbocycles. The van der Waals surface area contributed by atoms with E-state index in [2.05, 4.69) is 467 Å². The molecular formula is C122H74N10. The van der Waals surface area contributed by atoms with E-state index in [1.807, 2.05) is 0 Å². The second kappa shape index (κ2) is 29.9. The van der Waals surface area contributed by atoms with Gasteiger partial charge < -0.3 is 9.13 Å². The summed E-state index contributed by atoms with van der Waals surface area (Å²) in [7, 11) is 0. The lowest BCUT2D eigenvalue weighted by Gasteiger charge is -2.13. The van der Waals surface area contributed by atoms with Crippen LogP contribution in [0.5, 0.6) is 0 Å². The highest BCUT2D eigenvalue weighted by molar-refractivity contribution is 6.17. The summed E-state index contributed by atoms with van der Waals surface area (Å²) >= 11 is 0. The van der Waals surface area contributed by atoms with Crippen LogP contribution in [0.3, 0.4) is 0 Å². The van der Waals surface area contributed by atoms with Gasteiger partial charge in [-0.15, -0.1) is 0 Å². The highest BCUT2D eigenvalue weighted by Gasteiger charge is 2.26. The zero-order chi connectivity index (χ0) is 86.6. The van der Waals surface area contributed by atoms with E-state index in [0.29, 0.717) is 35.2 Å². The fraction of sp³-hybridized carbons (Fsp3) is 0. The topological polar surface area (TPSA) is 97.1 Å². The zero-order valence-electron chi connectivity index (χ0n) is 71.2. The molecule has 0 unspecified atom stereocenters. The summed E-state index contributed by atoms with van der Waals surface area (Å²) in [6.45, 7) is 0. The first-order valence-corrected chi connectivity index (χ1v) is 44.9. The molecule has 10 heteroatoms. The highest BCUT2D eigenvalue weighted by Crippen LogP contribution is 2.45. The Kier molecular flexibility index (Phi) is 16.9. The van der Waals surface area contributed by atoms with Gasteiger partial charge in [-0.25, -0.2) is 9.97 Å². The third-order valence-electron chi connectivity index (χ3n) is 27.1. The van der Waals surface area contributed by atoms with Gasteiger partial charge in [0.05, 0.1) is 44.1 Å². The van der Waals surface area contributed by atoms with E-state index in [4.69, 9.17) is 29.9 Å². The van der Waals surface area contributed by atoms with Gasteiger partial charge in [-0.1, -0.05) is 352 Å². The third-order valence-corrected chi connectivity index (χ3v) is 27.1. The van der Waals surface area contributed by atoms with Crippen molar-refractivity contribution >= 4 is 173 Å². The summed E-state index contributed by atoms with van der Waals surface area (Å²) in [6.07, 6.45) is 0. The van der Waals surface area contributed by atoms with Crippen LogP contribution in [0.2, 0.25) is 0 Å². The Balaban J connectivity index is 0.000000135. The van der Waals surface area contributed by atoms with Crippen LogP contribution in [0.15, 0.2) is 449 Å². The predicted molar refractivity (Wildman–Crippen MR) is 550 cm³/mol. The summed E-state index contributed by atoms with van der Waals surface area (Å²) in [5.74, 6) is 3.68. The average molecular weight is 1680 g/mol. The molecule has 0 amide bonds. The minimum Gasteiger partial charge on any atom is -0.309 e. The maximum absolute atomic E-state index is 5.34. The normalized spacial score (nSPS) is 11.9. The minimum absolute atomic E-state index is 0.575. The first kappa shape index (κ1) is 74.4. The standard InChI is InChI=1S/2C61H37N5/c1-5-19-46-38(13-1)16-11-23-51(46)59-62-60(52-24-12-17-39-14-2-6-20-47(39)52)64-61(63-59)66-56-26-10-8-22-50(56)54-37-42(30-34-58(54)66)41-29-33-57-53(36-41)49-21-7-9-25-55(49)65(57)44-31-32-48-43(35-44)28-27-40-15-3-4-18-45(40)48;1-4-18-45-38(13-1)16-11-23-50(45)59-62-60(51-24-12-17-39-14-2-5-19-46(39)51)64-61(63-59)66-56-26-10-8-22-49(56)54-36-43(31-34-58(54)66)42-30-33-57-53(35-42)48-21-7-9-25-55(48)65(57)44-32-29-41-28-27-40-15-3-6-20-47(40)52(41)37-44/h2*1-37H. The second-order valence-corrected chi connectivity index (χ2v) is 34.4. The molecular weight excluding hydrogens is 1610 g/mol. The third kappa shape index (κ3) is 12.0. The van der Waals surface area contributed by atoms with Crippen molar-refractivity contribution in [3.8, 4) is 91.1 Å². The van der Waals surface area contributed by atoms with E-state index in [1.165, 1.54) is 86.7 Å². The summed E-state index contributed by atoms with van der Waals surface area (Å²) in [5.41, 5.74) is 19.6. The predicted octanol–water partition coefficient (Wildman–Crippen LogP) is 31.4. The molecule has 0 aliphatic heterocycles. The van der Waals surface area contributed by atoms with Gasteiger partial charge in [-0.05, 0) is 205 Å². The lowest BCUT2D eigenvalue weighted by atomic mass is 10.0. The maximum atomic E-state index is 5.34. The number of nitrogens with zero attached hydrogens (tertiary/aromatic N) is 10. The van der Waals surface area contributed by atoms with Crippen molar-refractivity contribution < 1.29 is 0 Å². The molecule has 0 saturated carbocycles. The highest BCUT2D eigenvalue weighted by atomic mass is 15.2. The molecule has 28 rings (SSSR count). The van der Waals surface area contributed by atoms with E-state index in [9.17, 15) is 0 Å². The minimum atomic E-state index is 0.575. The van der Waals surface area contributed by atoms with Gasteiger partial charge in [0.2, 0.25) is 11.9 Å². The summed E-state index contributed by atoms with van der Waals surface area (Å²) in [6, 6.07) is 161. The number of aromatic nitrogens is 10. The molecule has 6 heterocycles. The number of benzene rings is 22. The largest absolute Gasteiger partial charge is 0.309 e. The van der Waals surface area contributed by atoms with Crippen molar-refractivity contribution in [1.29, 1.82) is 0 Å². The van der Waals surface area contributed by atoms with E-state index in [0.717, 1.165) is 143 Å². The smallest absolute Gasteiger partial charge is 0.238 e. The lowest BCUT2D eigenvalue weighted by molar-refractivity contribution is 0.955. The van der Waals surface area contributed by atoms with Crippen LogP contribution < -0.4 is 0 Å². The Bertz CT molecular complexity index is 9510. The second-order valence-electron chi connectivity index (χ2n) is 34.4. The van der Waals surface area contributed by atoms with Gasteiger partial charge >= 0.3 is 0 Å². The van der Waals surface area contributed by atoms with Crippen LogP contribution in [0.1, 0.15) is 0 Å². The van der Waals surface area contributed by atoms with Crippen molar-refractivity contribution in [2.24, 2.45) is 0 Å². The molecule has 612 valence electrons. The SMILES string of the molecule is c1ccc2c(-c3nc(-c4cccc5ccccc45)nc(-n4c5ccccc5c5cc(-c6ccc7c(c6)c6ccccc6n7-c6ccc7c(ccc8ccccc87)c6)ccc54)n3)cccc2c1.c1ccc2c(-c3nc(-c4cccc5ccccc45)nc(-n4c5ccccc5c5cc(-c6ccc7c(c6)c6ccccc6n7-c6ccc7ccc8ccccc8c7c6)ccc54)n3)cccc2c1. The van der Waals surface area contributed by atoms with E-state index < -0.39 is 0 Å². The van der Waals surface area contributed by atoms with Crippen LogP contribution in [-0.2, 0) is 0 Å². The Morgan fingerprint density at radius 2 is 0.364 bits per heavy atom. The first-order chi connectivity index (χ1) is 65.4. The Labute approximate surface area is 756 Å². The molecule has 10 nitrogen and oxygen atoms in total. The number of fused-ring (bicyclic) bond motifs is 22. The van der Waals surface area contributed by atoms with Crippen LogP contribution >= 0.6 is 0 Å². The lowest BCUT2D eigenvalue weighted by Crippen LogP contribution is -2.06. The van der Waals surface area contributed by atoms with E-state index in [-0.39, 0.29) is 0 Å². The molecule has 22 aromatic carbocycles. The molecule has 0 bridgehead atoms. The van der Waals surface area contributed by atoms with Gasteiger partial charge in [-0.2, -0.15) is 19.9 Å². The van der Waals surface area contributed by atoms with Crippen LogP contribution in [0, 0.1) is 0 Å². The van der Waals surface area contributed by atoms with E-state index >= 15 is 0 Å². The van der Waals surface area contributed by atoms with Gasteiger partial charge in [0.25, 0.3) is 0 Å². The molecule has 6 aromatic heterocycles. The zero-order valence-corrected chi connectivity index (χ0v) is 71.2. The van der Waals surface area contributed by atoms with Gasteiger partial charge in [0, 0.05) is 76.7 Å². The molecule has 0 spiro atoms. The number of hydrogen-bond donors (Lipinski definition) is 0. The molecule has 0 radical (unpaired) electrons. The van der Waals surface area contributed by atoms with Crippen molar-refractivity contribution in [3.63, 3.8) is 0 Å².